The molecule has 0 saturated heterocycles. The van der Waals surface area contributed by atoms with Gasteiger partial charge in [0.25, 0.3) is 0 Å². The Labute approximate surface area is 127 Å². The average Bonchev–Trinajstić information content (AvgIpc) is 2.84. The lowest BCUT2D eigenvalue weighted by Crippen LogP contribution is -2.21. The molecule has 0 spiro atoms. The molecular formula is C17H25N3O. The van der Waals surface area contributed by atoms with Gasteiger partial charge in [-0.05, 0) is 44.5 Å². The summed E-state index contributed by atoms with van der Waals surface area (Å²) in [5, 5.41) is 7.91. The fourth-order valence-electron chi connectivity index (χ4n) is 2.24. The van der Waals surface area contributed by atoms with Crippen LogP contribution in [0.25, 0.3) is 0 Å². The van der Waals surface area contributed by atoms with Gasteiger partial charge in [0, 0.05) is 32.3 Å². The molecule has 1 heterocycles. The molecule has 0 aliphatic carbocycles. The highest BCUT2D eigenvalue weighted by molar-refractivity contribution is 5.29. The molecule has 0 radical (unpaired) electrons. The van der Waals surface area contributed by atoms with Gasteiger partial charge in [-0.2, -0.15) is 5.10 Å². The van der Waals surface area contributed by atoms with Crippen LogP contribution in [0, 0.1) is 0 Å². The molecule has 1 unspecified atom stereocenters. The largest absolute Gasteiger partial charge is 0.491 e. The summed E-state index contributed by atoms with van der Waals surface area (Å²) in [6, 6.07) is 10.7. The first-order valence-electron chi connectivity index (χ1n) is 7.53. The molecule has 0 aliphatic heterocycles. The van der Waals surface area contributed by atoms with E-state index in [1.807, 2.05) is 43.9 Å². The Morgan fingerprint density at radius 3 is 2.43 bits per heavy atom. The van der Waals surface area contributed by atoms with E-state index in [4.69, 9.17) is 4.74 Å². The SMILES string of the molecule is CC(C)Oc1ccc(C(C)NCCc2ccn(C)n2)cc1. The van der Waals surface area contributed by atoms with Gasteiger partial charge in [-0.15, -0.1) is 0 Å². The van der Waals surface area contributed by atoms with Crippen LogP contribution in [0.5, 0.6) is 5.75 Å². The fourth-order valence-corrected chi connectivity index (χ4v) is 2.24. The van der Waals surface area contributed by atoms with Crippen LogP contribution >= 0.6 is 0 Å². The second kappa shape index (κ2) is 7.27. The van der Waals surface area contributed by atoms with Crippen LogP contribution in [0.15, 0.2) is 36.5 Å². The Morgan fingerprint density at radius 1 is 1.14 bits per heavy atom. The number of rotatable bonds is 7. The van der Waals surface area contributed by atoms with Gasteiger partial charge in [-0.3, -0.25) is 4.68 Å². The summed E-state index contributed by atoms with van der Waals surface area (Å²) in [6.45, 7) is 7.17. The molecule has 1 aromatic heterocycles. The summed E-state index contributed by atoms with van der Waals surface area (Å²) in [5.74, 6) is 0.925. The smallest absolute Gasteiger partial charge is 0.119 e. The number of benzene rings is 1. The fraction of sp³-hybridized carbons (Fsp3) is 0.471. The zero-order valence-electron chi connectivity index (χ0n) is 13.3. The van der Waals surface area contributed by atoms with Crippen molar-refractivity contribution >= 4 is 0 Å². The molecule has 0 bridgehead atoms. The maximum Gasteiger partial charge on any atom is 0.119 e. The molecule has 0 amide bonds. The number of nitrogens with zero attached hydrogens (tertiary/aromatic N) is 2. The Balaban J connectivity index is 1.81. The zero-order chi connectivity index (χ0) is 15.2. The van der Waals surface area contributed by atoms with Crippen molar-refractivity contribution in [2.45, 2.75) is 39.3 Å². The van der Waals surface area contributed by atoms with Gasteiger partial charge in [-0.1, -0.05) is 12.1 Å². The van der Waals surface area contributed by atoms with E-state index < -0.39 is 0 Å². The summed E-state index contributed by atoms with van der Waals surface area (Å²) >= 11 is 0. The lowest BCUT2D eigenvalue weighted by Gasteiger charge is -2.15. The van der Waals surface area contributed by atoms with Crippen molar-refractivity contribution < 1.29 is 4.74 Å². The average molecular weight is 287 g/mol. The molecule has 1 N–H and O–H groups in total. The van der Waals surface area contributed by atoms with Crippen LogP contribution in [0.4, 0.5) is 0 Å². The van der Waals surface area contributed by atoms with Crippen molar-refractivity contribution in [2.24, 2.45) is 7.05 Å². The van der Waals surface area contributed by atoms with E-state index in [0.717, 1.165) is 24.4 Å². The molecule has 4 heteroatoms. The van der Waals surface area contributed by atoms with Gasteiger partial charge in [-0.25, -0.2) is 0 Å². The van der Waals surface area contributed by atoms with Crippen molar-refractivity contribution in [2.75, 3.05) is 6.54 Å². The Hall–Kier alpha value is -1.81. The van der Waals surface area contributed by atoms with Gasteiger partial charge in [0.15, 0.2) is 0 Å². The second-order valence-electron chi connectivity index (χ2n) is 5.64. The maximum absolute atomic E-state index is 5.66. The number of aryl methyl sites for hydroxylation is 1. The summed E-state index contributed by atoms with van der Waals surface area (Å²) < 4.78 is 7.50. The predicted molar refractivity (Wildman–Crippen MR) is 85.5 cm³/mol. The third-order valence-electron chi connectivity index (χ3n) is 3.35. The molecule has 0 saturated carbocycles. The zero-order valence-corrected chi connectivity index (χ0v) is 13.3. The summed E-state index contributed by atoms with van der Waals surface area (Å²) in [7, 11) is 1.94. The Bertz CT molecular complexity index is 545. The van der Waals surface area contributed by atoms with Gasteiger partial charge in [0.1, 0.15) is 5.75 Å². The molecule has 2 aromatic rings. The molecule has 1 aromatic carbocycles. The minimum atomic E-state index is 0.213. The van der Waals surface area contributed by atoms with Crippen LogP contribution in [0.1, 0.15) is 38.1 Å². The topological polar surface area (TPSA) is 39.1 Å². The van der Waals surface area contributed by atoms with Crippen molar-refractivity contribution in [1.82, 2.24) is 15.1 Å². The molecule has 0 fully saturated rings. The summed E-state index contributed by atoms with van der Waals surface area (Å²) in [4.78, 5) is 0. The standard InChI is InChI=1S/C17H25N3O/c1-13(2)21-17-7-5-15(6-8-17)14(3)18-11-9-16-10-12-20(4)19-16/h5-8,10,12-14,18H,9,11H2,1-4H3. The quantitative estimate of drug-likeness (QED) is 0.850. The van der Waals surface area contributed by atoms with Crippen molar-refractivity contribution in [3.05, 3.63) is 47.8 Å². The van der Waals surface area contributed by atoms with Crippen LogP contribution in [-0.4, -0.2) is 22.4 Å². The highest BCUT2D eigenvalue weighted by Gasteiger charge is 2.06. The first-order valence-corrected chi connectivity index (χ1v) is 7.53. The summed E-state index contributed by atoms with van der Waals surface area (Å²) in [6.07, 6.45) is 3.14. The van der Waals surface area contributed by atoms with Crippen molar-refractivity contribution in [3.63, 3.8) is 0 Å². The number of nitrogens with one attached hydrogen (secondary N) is 1. The normalized spacial score (nSPS) is 12.6. The lowest BCUT2D eigenvalue weighted by atomic mass is 10.1. The maximum atomic E-state index is 5.66. The van der Waals surface area contributed by atoms with E-state index in [9.17, 15) is 0 Å². The lowest BCUT2D eigenvalue weighted by molar-refractivity contribution is 0.242. The monoisotopic (exact) mass is 287 g/mol. The van der Waals surface area contributed by atoms with Crippen LogP contribution in [0.2, 0.25) is 0 Å². The molecule has 21 heavy (non-hydrogen) atoms. The van der Waals surface area contributed by atoms with E-state index >= 15 is 0 Å². The van der Waals surface area contributed by atoms with Crippen LogP contribution in [-0.2, 0) is 13.5 Å². The second-order valence-corrected chi connectivity index (χ2v) is 5.64. The molecule has 2 rings (SSSR count). The Morgan fingerprint density at radius 2 is 1.86 bits per heavy atom. The van der Waals surface area contributed by atoms with E-state index in [-0.39, 0.29) is 6.10 Å². The molecule has 1 atom stereocenters. The van der Waals surface area contributed by atoms with Gasteiger partial charge < -0.3 is 10.1 Å². The summed E-state index contributed by atoms with van der Waals surface area (Å²) in [5.41, 5.74) is 2.39. The van der Waals surface area contributed by atoms with Gasteiger partial charge >= 0.3 is 0 Å². The minimum Gasteiger partial charge on any atom is -0.491 e. The number of aromatic nitrogens is 2. The van der Waals surface area contributed by atoms with Crippen molar-refractivity contribution in [1.29, 1.82) is 0 Å². The first-order chi connectivity index (χ1) is 10.0. The molecule has 0 aliphatic rings. The molecule has 114 valence electrons. The van der Waals surface area contributed by atoms with E-state index in [1.54, 1.807) is 0 Å². The Kier molecular flexibility index (Phi) is 5.39. The van der Waals surface area contributed by atoms with Crippen LogP contribution in [0.3, 0.4) is 0 Å². The third-order valence-corrected chi connectivity index (χ3v) is 3.35. The van der Waals surface area contributed by atoms with Crippen molar-refractivity contribution in [3.8, 4) is 5.75 Å². The van der Waals surface area contributed by atoms with Gasteiger partial charge in [0.2, 0.25) is 0 Å². The highest BCUT2D eigenvalue weighted by Crippen LogP contribution is 2.18. The predicted octanol–water partition coefficient (Wildman–Crippen LogP) is 3.10. The first kappa shape index (κ1) is 15.6. The minimum absolute atomic E-state index is 0.213. The highest BCUT2D eigenvalue weighted by atomic mass is 16.5. The molecular weight excluding hydrogens is 262 g/mol. The van der Waals surface area contributed by atoms with E-state index in [2.05, 4.69) is 35.5 Å². The molecule has 4 nitrogen and oxygen atoms in total. The van der Waals surface area contributed by atoms with E-state index in [0.29, 0.717) is 6.04 Å². The number of hydrogen-bond acceptors (Lipinski definition) is 3. The van der Waals surface area contributed by atoms with Gasteiger partial charge in [0.05, 0.1) is 11.8 Å². The number of hydrogen-bond donors (Lipinski definition) is 1. The van der Waals surface area contributed by atoms with Crippen LogP contribution < -0.4 is 10.1 Å². The third kappa shape index (κ3) is 4.90. The van der Waals surface area contributed by atoms with E-state index in [1.165, 1.54) is 5.56 Å². The number of ether oxygens (including phenoxy) is 1.